The highest BCUT2D eigenvalue weighted by Gasteiger charge is 2.14. The third-order valence-electron chi connectivity index (χ3n) is 4.33. The maximum absolute atomic E-state index is 13.8. The number of nitrogens with zero attached hydrogens (tertiary/aromatic N) is 2. The Labute approximate surface area is 164 Å². The maximum atomic E-state index is 13.8. The summed E-state index contributed by atoms with van der Waals surface area (Å²) in [6.07, 6.45) is 1.64. The van der Waals surface area contributed by atoms with Crippen LogP contribution in [0.1, 0.15) is 42.4 Å². The number of aromatic nitrogens is 2. The summed E-state index contributed by atoms with van der Waals surface area (Å²) in [5, 5.41) is 6.73. The minimum absolute atomic E-state index is 0.0829. The van der Waals surface area contributed by atoms with Crippen molar-refractivity contribution in [3.8, 4) is 5.75 Å². The molecule has 1 heterocycles. The largest absolute Gasteiger partial charge is 0.471 e. The molecule has 0 saturated carbocycles. The Morgan fingerprint density at radius 3 is 2.54 bits per heavy atom. The van der Waals surface area contributed by atoms with Gasteiger partial charge in [-0.25, -0.2) is 9.07 Å². The van der Waals surface area contributed by atoms with Crippen molar-refractivity contribution in [3.63, 3.8) is 0 Å². The first-order valence-electron chi connectivity index (χ1n) is 9.07. The summed E-state index contributed by atoms with van der Waals surface area (Å²) < 4.78 is 21.0. The second-order valence-corrected chi connectivity index (χ2v) is 7.73. The molecule has 3 rings (SSSR count). The topological polar surface area (TPSA) is 56.2 Å². The number of nitrogens with one attached hydrogen (secondary N) is 1. The average Bonchev–Trinajstić information content (AvgIpc) is 3.12. The predicted molar refractivity (Wildman–Crippen MR) is 107 cm³/mol. The number of rotatable bonds is 5. The van der Waals surface area contributed by atoms with Gasteiger partial charge in [-0.05, 0) is 53.8 Å². The van der Waals surface area contributed by atoms with Crippen LogP contribution in [-0.4, -0.2) is 15.7 Å². The fourth-order valence-corrected chi connectivity index (χ4v) is 2.67. The van der Waals surface area contributed by atoms with Gasteiger partial charge in [-0.1, -0.05) is 39.0 Å². The van der Waals surface area contributed by atoms with E-state index < -0.39 is 11.7 Å². The third kappa shape index (κ3) is 4.76. The van der Waals surface area contributed by atoms with E-state index in [-0.39, 0.29) is 23.5 Å². The van der Waals surface area contributed by atoms with Gasteiger partial charge in [0.2, 0.25) is 0 Å². The monoisotopic (exact) mass is 381 g/mol. The van der Waals surface area contributed by atoms with Crippen LogP contribution in [0.3, 0.4) is 0 Å². The lowest BCUT2D eigenvalue weighted by Gasteiger charge is -2.19. The van der Waals surface area contributed by atoms with Gasteiger partial charge in [0, 0.05) is 6.20 Å². The number of carbonyl (C=O) groups excluding carboxylic acids is 1. The fraction of sp³-hybridized carbons (Fsp3) is 0.273. The fourth-order valence-electron chi connectivity index (χ4n) is 2.67. The SMILES string of the molecule is Cc1ccc(F)c(NC(=O)c2ccn(COc3ccc(C(C)(C)C)cc3)n2)c1. The number of benzene rings is 2. The van der Waals surface area contributed by atoms with Crippen molar-refractivity contribution in [1.29, 1.82) is 0 Å². The molecule has 0 bridgehead atoms. The van der Waals surface area contributed by atoms with Gasteiger partial charge < -0.3 is 10.1 Å². The van der Waals surface area contributed by atoms with E-state index in [0.29, 0.717) is 0 Å². The normalized spacial score (nSPS) is 11.3. The van der Waals surface area contributed by atoms with Crippen LogP contribution in [0.4, 0.5) is 10.1 Å². The van der Waals surface area contributed by atoms with Crippen molar-refractivity contribution in [1.82, 2.24) is 9.78 Å². The summed E-state index contributed by atoms with van der Waals surface area (Å²) in [5.41, 5.74) is 2.48. The number of halogens is 1. The van der Waals surface area contributed by atoms with Gasteiger partial charge in [-0.2, -0.15) is 5.10 Å². The molecule has 0 aliphatic heterocycles. The Kier molecular flexibility index (Phi) is 5.49. The Morgan fingerprint density at radius 1 is 1.14 bits per heavy atom. The summed E-state index contributed by atoms with van der Waals surface area (Å²) in [7, 11) is 0. The summed E-state index contributed by atoms with van der Waals surface area (Å²) in [5.74, 6) is -0.241. The van der Waals surface area contributed by atoms with Gasteiger partial charge >= 0.3 is 0 Å². The zero-order chi connectivity index (χ0) is 20.3. The molecular weight excluding hydrogens is 357 g/mol. The van der Waals surface area contributed by atoms with Crippen molar-refractivity contribution in [2.45, 2.75) is 39.8 Å². The molecule has 146 valence electrons. The van der Waals surface area contributed by atoms with Gasteiger partial charge in [0.1, 0.15) is 11.6 Å². The van der Waals surface area contributed by atoms with Crippen molar-refractivity contribution < 1.29 is 13.9 Å². The van der Waals surface area contributed by atoms with Crippen molar-refractivity contribution >= 4 is 11.6 Å². The van der Waals surface area contributed by atoms with E-state index in [1.165, 1.54) is 16.3 Å². The number of ether oxygens (including phenoxy) is 1. The van der Waals surface area contributed by atoms with Crippen LogP contribution in [0.15, 0.2) is 54.7 Å². The third-order valence-corrected chi connectivity index (χ3v) is 4.33. The first-order chi connectivity index (χ1) is 13.2. The van der Waals surface area contributed by atoms with Gasteiger partial charge in [-0.3, -0.25) is 4.79 Å². The molecule has 0 saturated heterocycles. The molecule has 6 heteroatoms. The molecule has 0 atom stereocenters. The first-order valence-corrected chi connectivity index (χ1v) is 9.07. The van der Waals surface area contributed by atoms with Crippen LogP contribution in [0, 0.1) is 12.7 Å². The highest BCUT2D eigenvalue weighted by atomic mass is 19.1. The summed E-state index contributed by atoms with van der Waals surface area (Å²) in [6, 6.07) is 14.0. The second kappa shape index (κ2) is 7.84. The number of hydrogen-bond donors (Lipinski definition) is 1. The van der Waals surface area contributed by atoms with Crippen LogP contribution in [0.5, 0.6) is 5.75 Å². The van der Waals surface area contributed by atoms with Crippen LogP contribution >= 0.6 is 0 Å². The van der Waals surface area contributed by atoms with Crippen LogP contribution in [0.2, 0.25) is 0 Å². The minimum atomic E-state index is -0.486. The van der Waals surface area contributed by atoms with Crippen molar-refractivity contribution in [2.24, 2.45) is 0 Å². The van der Waals surface area contributed by atoms with Crippen LogP contribution in [0.25, 0.3) is 0 Å². The van der Waals surface area contributed by atoms with E-state index in [2.05, 4.69) is 31.2 Å². The molecule has 1 amide bonds. The zero-order valence-electron chi connectivity index (χ0n) is 16.5. The molecule has 2 aromatic carbocycles. The molecule has 5 nitrogen and oxygen atoms in total. The molecule has 3 aromatic rings. The lowest BCUT2D eigenvalue weighted by Crippen LogP contribution is -2.15. The van der Waals surface area contributed by atoms with Gasteiger partial charge in [0.15, 0.2) is 12.4 Å². The highest BCUT2D eigenvalue weighted by molar-refractivity contribution is 6.02. The van der Waals surface area contributed by atoms with Gasteiger partial charge in [0.05, 0.1) is 5.69 Å². The Bertz CT molecular complexity index is 972. The number of amides is 1. The standard InChI is InChI=1S/C22H24FN3O2/c1-15-5-10-18(23)20(13-15)24-21(27)19-11-12-26(25-19)14-28-17-8-6-16(7-9-17)22(2,3)4/h5-13H,14H2,1-4H3,(H,24,27). The smallest absolute Gasteiger partial charge is 0.276 e. The zero-order valence-corrected chi connectivity index (χ0v) is 16.5. The van der Waals surface area contributed by atoms with E-state index in [4.69, 9.17) is 4.74 Å². The van der Waals surface area contributed by atoms with E-state index in [0.717, 1.165) is 11.3 Å². The van der Waals surface area contributed by atoms with Gasteiger partial charge in [0.25, 0.3) is 5.91 Å². The number of hydrogen-bond acceptors (Lipinski definition) is 3. The second-order valence-electron chi connectivity index (χ2n) is 7.73. The predicted octanol–water partition coefficient (Wildman–Crippen LogP) is 4.92. The number of anilines is 1. The Balaban J connectivity index is 1.61. The van der Waals surface area contributed by atoms with E-state index >= 15 is 0 Å². The lowest BCUT2D eigenvalue weighted by atomic mass is 9.87. The van der Waals surface area contributed by atoms with E-state index in [1.54, 1.807) is 24.4 Å². The summed E-state index contributed by atoms with van der Waals surface area (Å²) in [6.45, 7) is 8.46. The average molecular weight is 381 g/mol. The molecule has 0 unspecified atom stereocenters. The number of aryl methyl sites for hydroxylation is 1. The molecule has 0 aliphatic carbocycles. The van der Waals surface area contributed by atoms with Crippen molar-refractivity contribution in [3.05, 3.63) is 77.4 Å². The lowest BCUT2D eigenvalue weighted by molar-refractivity contribution is 0.101. The molecule has 28 heavy (non-hydrogen) atoms. The Morgan fingerprint density at radius 2 is 1.86 bits per heavy atom. The molecule has 0 aliphatic rings. The van der Waals surface area contributed by atoms with Crippen molar-refractivity contribution in [2.75, 3.05) is 5.32 Å². The summed E-state index contributed by atoms with van der Waals surface area (Å²) in [4.78, 5) is 12.3. The van der Waals surface area contributed by atoms with Gasteiger partial charge in [-0.15, -0.1) is 0 Å². The minimum Gasteiger partial charge on any atom is -0.471 e. The first kappa shape index (κ1) is 19.6. The van der Waals surface area contributed by atoms with E-state index in [9.17, 15) is 9.18 Å². The summed E-state index contributed by atoms with van der Waals surface area (Å²) >= 11 is 0. The molecular formula is C22H24FN3O2. The van der Waals surface area contributed by atoms with E-state index in [1.807, 2.05) is 31.2 Å². The molecule has 1 N–H and O–H groups in total. The molecule has 0 radical (unpaired) electrons. The van der Waals surface area contributed by atoms with Crippen LogP contribution in [-0.2, 0) is 12.1 Å². The molecule has 0 spiro atoms. The molecule has 0 fully saturated rings. The molecule has 1 aromatic heterocycles. The Hall–Kier alpha value is -3.15. The quantitative estimate of drug-likeness (QED) is 0.683. The highest BCUT2D eigenvalue weighted by Crippen LogP contribution is 2.24. The number of carbonyl (C=O) groups is 1. The maximum Gasteiger partial charge on any atom is 0.276 e. The van der Waals surface area contributed by atoms with Crippen LogP contribution < -0.4 is 10.1 Å².